The van der Waals surface area contributed by atoms with Crippen molar-refractivity contribution < 1.29 is 9.47 Å². The molecule has 134 valence electrons. The molecule has 25 heavy (non-hydrogen) atoms. The molecule has 3 rings (SSSR count). The number of rotatable bonds is 6. The van der Waals surface area contributed by atoms with Gasteiger partial charge in [0.15, 0.2) is 0 Å². The summed E-state index contributed by atoms with van der Waals surface area (Å²) in [5.41, 5.74) is 3.69. The van der Waals surface area contributed by atoms with E-state index in [2.05, 4.69) is 70.6 Å². The first-order valence-corrected chi connectivity index (χ1v) is 9.61. The first kappa shape index (κ1) is 18.4. The van der Waals surface area contributed by atoms with Crippen LogP contribution >= 0.6 is 15.9 Å². The van der Waals surface area contributed by atoms with Crippen molar-refractivity contribution in [3.05, 3.63) is 63.6 Å². The molecule has 0 aliphatic carbocycles. The standard InChI is InChI=1S/C21H26BrNO2/c1-16-12-19(22)13-17(20(16)24-2)14-25-15-21(8-10-23-11-9-21)18-6-4-3-5-7-18/h3-7,12-13,23H,8-11,14-15H2,1-2H3. The molecule has 0 radical (unpaired) electrons. The van der Waals surface area contributed by atoms with Gasteiger partial charge in [-0.3, -0.25) is 0 Å². The minimum absolute atomic E-state index is 0.0980. The van der Waals surface area contributed by atoms with Crippen molar-refractivity contribution >= 4 is 15.9 Å². The van der Waals surface area contributed by atoms with Gasteiger partial charge in [-0.25, -0.2) is 0 Å². The Kier molecular flexibility index (Phi) is 6.15. The van der Waals surface area contributed by atoms with Crippen LogP contribution in [0.25, 0.3) is 0 Å². The normalized spacial score (nSPS) is 16.6. The highest BCUT2D eigenvalue weighted by Crippen LogP contribution is 2.35. The maximum Gasteiger partial charge on any atom is 0.127 e. The Morgan fingerprint density at radius 3 is 2.52 bits per heavy atom. The molecule has 0 atom stereocenters. The van der Waals surface area contributed by atoms with E-state index in [1.807, 2.05) is 0 Å². The molecule has 0 bridgehead atoms. The maximum absolute atomic E-state index is 6.24. The lowest BCUT2D eigenvalue weighted by atomic mass is 9.74. The van der Waals surface area contributed by atoms with Crippen LogP contribution in [0, 0.1) is 6.92 Å². The molecular formula is C21H26BrNO2. The Hall–Kier alpha value is -1.36. The third-order valence-corrected chi connectivity index (χ3v) is 5.56. The highest BCUT2D eigenvalue weighted by molar-refractivity contribution is 9.10. The molecule has 0 unspecified atom stereocenters. The highest BCUT2D eigenvalue weighted by Gasteiger charge is 2.34. The van der Waals surface area contributed by atoms with Gasteiger partial charge in [0, 0.05) is 15.5 Å². The second kappa shape index (κ2) is 8.35. The summed E-state index contributed by atoms with van der Waals surface area (Å²) >= 11 is 3.57. The van der Waals surface area contributed by atoms with Gasteiger partial charge < -0.3 is 14.8 Å². The van der Waals surface area contributed by atoms with Crippen molar-refractivity contribution in [2.75, 3.05) is 26.8 Å². The molecule has 2 aromatic rings. The van der Waals surface area contributed by atoms with Crippen LogP contribution in [0.1, 0.15) is 29.5 Å². The average molecular weight is 404 g/mol. The van der Waals surface area contributed by atoms with Gasteiger partial charge in [-0.15, -0.1) is 0 Å². The van der Waals surface area contributed by atoms with Crippen LogP contribution in [0.2, 0.25) is 0 Å². The zero-order chi connectivity index (χ0) is 17.7. The number of ether oxygens (including phenoxy) is 2. The summed E-state index contributed by atoms with van der Waals surface area (Å²) in [6.07, 6.45) is 2.21. The first-order chi connectivity index (χ1) is 12.1. The smallest absolute Gasteiger partial charge is 0.127 e. The minimum Gasteiger partial charge on any atom is -0.496 e. The molecule has 4 heteroatoms. The Bertz CT molecular complexity index is 697. The van der Waals surface area contributed by atoms with Gasteiger partial charge >= 0.3 is 0 Å². The molecule has 1 heterocycles. The molecule has 0 saturated carbocycles. The number of hydrogen-bond acceptors (Lipinski definition) is 3. The summed E-state index contributed by atoms with van der Waals surface area (Å²) in [4.78, 5) is 0. The van der Waals surface area contributed by atoms with Gasteiger partial charge in [0.05, 0.1) is 20.3 Å². The molecule has 0 spiro atoms. The second-order valence-electron chi connectivity index (χ2n) is 6.80. The zero-order valence-corrected chi connectivity index (χ0v) is 16.6. The van der Waals surface area contributed by atoms with Gasteiger partial charge in [-0.1, -0.05) is 46.3 Å². The molecule has 1 aliphatic rings. The van der Waals surface area contributed by atoms with E-state index >= 15 is 0 Å². The Morgan fingerprint density at radius 2 is 1.84 bits per heavy atom. The van der Waals surface area contributed by atoms with Crippen molar-refractivity contribution in [3.63, 3.8) is 0 Å². The van der Waals surface area contributed by atoms with Crippen LogP contribution in [0.3, 0.4) is 0 Å². The monoisotopic (exact) mass is 403 g/mol. The van der Waals surface area contributed by atoms with Crippen molar-refractivity contribution in [1.82, 2.24) is 5.32 Å². The largest absolute Gasteiger partial charge is 0.496 e. The molecule has 1 saturated heterocycles. The van der Waals surface area contributed by atoms with Crippen molar-refractivity contribution in [3.8, 4) is 5.75 Å². The van der Waals surface area contributed by atoms with Crippen molar-refractivity contribution in [2.24, 2.45) is 0 Å². The SMILES string of the molecule is COc1c(C)cc(Br)cc1COCC1(c2ccccc2)CCNCC1. The van der Waals surface area contributed by atoms with Crippen molar-refractivity contribution in [2.45, 2.75) is 31.8 Å². The number of piperidine rings is 1. The van der Waals surface area contributed by atoms with E-state index in [4.69, 9.17) is 9.47 Å². The number of nitrogens with one attached hydrogen (secondary N) is 1. The summed E-state index contributed by atoms with van der Waals surface area (Å²) in [7, 11) is 1.72. The average Bonchev–Trinajstić information content (AvgIpc) is 2.63. The quantitative estimate of drug-likeness (QED) is 0.763. The molecule has 1 fully saturated rings. The van der Waals surface area contributed by atoms with E-state index in [0.29, 0.717) is 6.61 Å². The molecular weight excluding hydrogens is 378 g/mol. The molecule has 3 nitrogen and oxygen atoms in total. The van der Waals surface area contributed by atoms with Gasteiger partial charge in [-0.05, 0) is 56.1 Å². The molecule has 1 N–H and O–H groups in total. The third-order valence-electron chi connectivity index (χ3n) is 5.10. The van der Waals surface area contributed by atoms with Crippen LogP contribution in [-0.4, -0.2) is 26.8 Å². The number of benzene rings is 2. The Morgan fingerprint density at radius 1 is 1.12 bits per heavy atom. The number of halogens is 1. The van der Waals surface area contributed by atoms with Crippen LogP contribution in [0.5, 0.6) is 5.75 Å². The highest BCUT2D eigenvalue weighted by atomic mass is 79.9. The lowest BCUT2D eigenvalue weighted by Gasteiger charge is -2.38. The first-order valence-electron chi connectivity index (χ1n) is 8.82. The van der Waals surface area contributed by atoms with Crippen molar-refractivity contribution in [1.29, 1.82) is 0 Å². The third kappa shape index (κ3) is 4.25. The predicted molar refractivity (Wildman–Crippen MR) is 105 cm³/mol. The summed E-state index contributed by atoms with van der Waals surface area (Å²) in [6, 6.07) is 15.0. The van der Waals surface area contributed by atoms with Gasteiger partial charge in [0.2, 0.25) is 0 Å². The van der Waals surface area contributed by atoms with Gasteiger partial charge in [0.1, 0.15) is 5.75 Å². The zero-order valence-electron chi connectivity index (χ0n) is 15.0. The number of methoxy groups -OCH3 is 1. The molecule has 0 aromatic heterocycles. The fourth-order valence-corrected chi connectivity index (χ4v) is 4.39. The second-order valence-corrected chi connectivity index (χ2v) is 7.72. The number of aryl methyl sites for hydroxylation is 1. The van der Waals surface area contributed by atoms with Crippen LogP contribution in [0.4, 0.5) is 0 Å². The Balaban J connectivity index is 1.75. The van der Waals surface area contributed by atoms with E-state index in [9.17, 15) is 0 Å². The topological polar surface area (TPSA) is 30.5 Å². The molecule has 0 amide bonds. The van der Waals surface area contributed by atoms with Crippen LogP contribution in [0.15, 0.2) is 46.9 Å². The lowest BCUT2D eigenvalue weighted by Crippen LogP contribution is -2.43. The lowest BCUT2D eigenvalue weighted by molar-refractivity contribution is 0.0555. The van der Waals surface area contributed by atoms with Gasteiger partial charge in [0.25, 0.3) is 0 Å². The van der Waals surface area contributed by atoms with Crippen LogP contribution < -0.4 is 10.1 Å². The van der Waals surface area contributed by atoms with E-state index < -0.39 is 0 Å². The van der Waals surface area contributed by atoms with Crippen LogP contribution in [-0.2, 0) is 16.8 Å². The summed E-state index contributed by atoms with van der Waals surface area (Å²) in [5.74, 6) is 0.919. The fraction of sp³-hybridized carbons (Fsp3) is 0.429. The van der Waals surface area contributed by atoms with E-state index in [-0.39, 0.29) is 5.41 Å². The summed E-state index contributed by atoms with van der Waals surface area (Å²) < 4.78 is 12.9. The van der Waals surface area contributed by atoms with Gasteiger partial charge in [-0.2, -0.15) is 0 Å². The van der Waals surface area contributed by atoms with E-state index in [1.165, 1.54) is 5.56 Å². The summed E-state index contributed by atoms with van der Waals surface area (Å²) in [5, 5.41) is 3.47. The maximum atomic E-state index is 6.24. The van der Waals surface area contributed by atoms with E-state index in [1.54, 1.807) is 7.11 Å². The summed E-state index contributed by atoms with van der Waals surface area (Å²) in [6.45, 7) is 5.43. The minimum atomic E-state index is 0.0980. The van der Waals surface area contributed by atoms with E-state index in [0.717, 1.165) is 53.9 Å². The number of hydrogen-bond donors (Lipinski definition) is 1. The predicted octanol–water partition coefficient (Wildman–Crippen LogP) is 4.60. The Labute approximate surface area is 158 Å². The molecule has 2 aromatic carbocycles. The fourth-order valence-electron chi connectivity index (χ4n) is 3.77. The molecule has 1 aliphatic heterocycles.